The van der Waals surface area contributed by atoms with Crippen LogP contribution in [0.5, 0.6) is 0 Å². The molecule has 0 aromatic heterocycles. The highest BCUT2D eigenvalue weighted by molar-refractivity contribution is 6.77. The molecule has 0 heterocycles. The minimum Gasteiger partial charge on any atom is -0.288 e. The van der Waals surface area contributed by atoms with Crippen molar-refractivity contribution in [2.45, 2.75) is 0 Å². The number of Topliss-reactive ketones (excluding diaryl/α,β-unsaturated/α-hetero) is 2. The first-order valence-electron chi connectivity index (χ1n) is 2.51. The van der Waals surface area contributed by atoms with Gasteiger partial charge in [-0.1, -0.05) is 0 Å². The lowest BCUT2D eigenvalue weighted by Gasteiger charge is -1.94. The van der Waals surface area contributed by atoms with Crippen LogP contribution >= 0.6 is 0 Å². The van der Waals surface area contributed by atoms with Crippen LogP contribution in [0.4, 0.5) is 0 Å². The Morgan fingerprint density at radius 1 is 0.750 bits per heavy atom. The Morgan fingerprint density at radius 3 is 1.17 bits per heavy atom. The van der Waals surface area contributed by atoms with Crippen molar-refractivity contribution in [1.82, 2.24) is 11.0 Å². The average molecular weight is 176 g/mol. The molecule has 0 bridgehead atoms. The maximum absolute atomic E-state index is 10.4. The topological polar surface area (TPSA) is 133 Å². The molecule has 66 valence electrons. The zero-order valence-electron chi connectivity index (χ0n) is 5.53. The quantitative estimate of drug-likeness (QED) is 0.158. The third-order valence-corrected chi connectivity index (χ3v) is 0.822. The average Bonchev–Trinajstić information content (AvgIpc) is 2.12. The fourth-order valence-corrected chi connectivity index (χ4v) is 0.308. The third kappa shape index (κ3) is 2.11. The zero-order valence-corrected chi connectivity index (χ0v) is 5.53. The summed E-state index contributed by atoms with van der Waals surface area (Å²) in [6.07, 6.45) is 0. The minimum absolute atomic E-state index is 0.854. The van der Waals surface area contributed by atoms with Gasteiger partial charge in [0.2, 0.25) is 0 Å². The maximum Gasteiger partial charge on any atom is 0.319 e. The van der Waals surface area contributed by atoms with E-state index in [1.807, 2.05) is 0 Å². The summed E-state index contributed by atoms with van der Waals surface area (Å²) in [5, 5.41) is 15.7. The number of amides is 2. The molecule has 4 N–H and O–H groups in total. The second-order valence-electron chi connectivity index (χ2n) is 1.54. The van der Waals surface area contributed by atoms with E-state index in [9.17, 15) is 19.2 Å². The van der Waals surface area contributed by atoms with Crippen molar-refractivity contribution in [2.24, 2.45) is 0 Å². The summed E-state index contributed by atoms with van der Waals surface area (Å²) in [5.74, 6) is -6.85. The minimum atomic E-state index is -1.77. The highest BCUT2D eigenvalue weighted by Crippen LogP contribution is 1.77. The van der Waals surface area contributed by atoms with Gasteiger partial charge in [-0.05, 0) is 0 Å². The van der Waals surface area contributed by atoms with Gasteiger partial charge in [0.15, 0.2) is 0 Å². The molecule has 2 amide bonds. The number of carbonyl (C=O) groups is 4. The Balaban J connectivity index is 4.41. The molecule has 12 heavy (non-hydrogen) atoms. The van der Waals surface area contributed by atoms with Gasteiger partial charge in [-0.25, -0.2) is 11.0 Å². The number of ketones is 2. The molecule has 0 saturated heterocycles. The van der Waals surface area contributed by atoms with Crippen molar-refractivity contribution in [3.8, 4) is 0 Å². The Morgan fingerprint density at radius 2 is 1.00 bits per heavy atom. The molecule has 0 atom stereocenters. The molecule has 0 aromatic carbocycles. The number of nitrogens with one attached hydrogen (secondary N) is 2. The van der Waals surface area contributed by atoms with E-state index in [1.54, 1.807) is 0 Å². The molecule has 8 heteroatoms. The van der Waals surface area contributed by atoms with Gasteiger partial charge in [-0.2, -0.15) is 0 Å². The van der Waals surface area contributed by atoms with Gasteiger partial charge in [-0.3, -0.25) is 29.6 Å². The van der Waals surface area contributed by atoms with Gasteiger partial charge in [0.25, 0.3) is 11.6 Å². The molecule has 8 nitrogen and oxygen atoms in total. The van der Waals surface area contributed by atoms with Gasteiger partial charge in [0.1, 0.15) is 0 Å². The van der Waals surface area contributed by atoms with E-state index >= 15 is 0 Å². The summed E-state index contributed by atoms with van der Waals surface area (Å²) >= 11 is 0. The van der Waals surface area contributed by atoms with Crippen molar-refractivity contribution in [2.75, 3.05) is 0 Å². The predicted octanol–water partition coefficient (Wildman–Crippen LogP) is -2.86. The van der Waals surface area contributed by atoms with Gasteiger partial charge in [0, 0.05) is 0 Å². The first-order chi connectivity index (χ1) is 5.54. The number of hydrogen-bond acceptors (Lipinski definition) is 6. The van der Waals surface area contributed by atoms with Crippen molar-refractivity contribution < 1.29 is 29.6 Å². The molecule has 0 aliphatic carbocycles. The van der Waals surface area contributed by atoms with E-state index in [1.165, 1.54) is 0 Å². The van der Waals surface area contributed by atoms with Crippen molar-refractivity contribution in [1.29, 1.82) is 0 Å². The molecule has 0 aliphatic heterocycles. The van der Waals surface area contributed by atoms with E-state index in [0.29, 0.717) is 0 Å². The fourth-order valence-electron chi connectivity index (χ4n) is 0.308. The van der Waals surface area contributed by atoms with Crippen LogP contribution in [0.2, 0.25) is 0 Å². The first kappa shape index (κ1) is 10.2. The largest absolute Gasteiger partial charge is 0.319 e. The standard InChI is InChI=1S/C4H4N2O6/c7-1(3(9)5-11)2(8)4(10)6-12/h11-12H,(H,5,9)(H,6,10). The van der Waals surface area contributed by atoms with Crippen LogP contribution in [-0.4, -0.2) is 33.8 Å². The lowest BCUT2D eigenvalue weighted by Crippen LogP contribution is -2.41. The Kier molecular flexibility index (Phi) is 3.53. The first-order valence-corrected chi connectivity index (χ1v) is 2.51. The van der Waals surface area contributed by atoms with E-state index in [0.717, 1.165) is 11.0 Å². The summed E-state index contributed by atoms with van der Waals surface area (Å²) in [5.41, 5.74) is 1.71. The number of hydrogen-bond donors (Lipinski definition) is 4. The molecular weight excluding hydrogens is 172 g/mol. The van der Waals surface area contributed by atoms with E-state index in [4.69, 9.17) is 10.4 Å². The summed E-state index contributed by atoms with van der Waals surface area (Å²) in [6, 6.07) is 0. The predicted molar refractivity (Wildman–Crippen MR) is 29.9 cm³/mol. The molecule has 0 spiro atoms. The summed E-state index contributed by atoms with van der Waals surface area (Å²) in [6.45, 7) is 0. The fraction of sp³-hybridized carbons (Fsp3) is 0. The summed E-state index contributed by atoms with van der Waals surface area (Å²) < 4.78 is 0. The van der Waals surface area contributed by atoms with Gasteiger partial charge >= 0.3 is 11.8 Å². The van der Waals surface area contributed by atoms with Crippen LogP contribution in [0.25, 0.3) is 0 Å². The van der Waals surface area contributed by atoms with Crippen LogP contribution < -0.4 is 11.0 Å². The van der Waals surface area contributed by atoms with Crippen LogP contribution in [0, 0.1) is 0 Å². The monoisotopic (exact) mass is 176 g/mol. The van der Waals surface area contributed by atoms with Crippen LogP contribution in [0.15, 0.2) is 0 Å². The lowest BCUT2D eigenvalue weighted by molar-refractivity contribution is -0.153. The highest BCUT2D eigenvalue weighted by atomic mass is 16.5. The lowest BCUT2D eigenvalue weighted by atomic mass is 10.2. The van der Waals surface area contributed by atoms with Crippen molar-refractivity contribution in [3.63, 3.8) is 0 Å². The Hall–Kier alpha value is -1.80. The summed E-state index contributed by atoms with van der Waals surface area (Å²) in [4.78, 5) is 41.1. The molecule has 0 aliphatic rings. The van der Waals surface area contributed by atoms with Crippen LogP contribution in [0.1, 0.15) is 0 Å². The number of rotatable bonds is 3. The second-order valence-corrected chi connectivity index (χ2v) is 1.54. The second kappa shape index (κ2) is 4.16. The van der Waals surface area contributed by atoms with Gasteiger partial charge in [0.05, 0.1) is 0 Å². The molecule has 0 rings (SSSR count). The highest BCUT2D eigenvalue weighted by Gasteiger charge is 2.28. The normalized spacial score (nSPS) is 8.50. The van der Waals surface area contributed by atoms with E-state index < -0.39 is 23.4 Å². The zero-order chi connectivity index (χ0) is 9.72. The van der Waals surface area contributed by atoms with E-state index in [2.05, 4.69) is 0 Å². The molecule has 0 unspecified atom stereocenters. The van der Waals surface area contributed by atoms with Gasteiger partial charge < -0.3 is 0 Å². The third-order valence-electron chi connectivity index (χ3n) is 0.822. The molecule has 0 radical (unpaired) electrons. The maximum atomic E-state index is 10.4. The van der Waals surface area contributed by atoms with Crippen LogP contribution in [-0.2, 0) is 19.2 Å². The van der Waals surface area contributed by atoms with Crippen LogP contribution in [0.3, 0.4) is 0 Å². The molecule has 0 fully saturated rings. The molecule has 0 saturated carbocycles. The summed E-state index contributed by atoms with van der Waals surface area (Å²) in [7, 11) is 0. The van der Waals surface area contributed by atoms with Crippen molar-refractivity contribution in [3.05, 3.63) is 0 Å². The molecular formula is C4H4N2O6. The smallest absolute Gasteiger partial charge is 0.288 e. The Bertz CT molecular complexity index is 220. The molecule has 0 aromatic rings. The van der Waals surface area contributed by atoms with Crippen molar-refractivity contribution >= 4 is 23.4 Å². The Labute approximate surface area is 65.1 Å². The SMILES string of the molecule is O=C(NO)C(=O)C(=O)C(=O)NO. The number of carbonyl (C=O) groups excluding carboxylic acids is 4. The van der Waals surface area contributed by atoms with E-state index in [-0.39, 0.29) is 0 Å². The van der Waals surface area contributed by atoms with Gasteiger partial charge in [-0.15, -0.1) is 0 Å². The number of hydroxylamine groups is 2.